The van der Waals surface area contributed by atoms with Gasteiger partial charge in [0.25, 0.3) is 0 Å². The molecule has 0 bridgehead atoms. The number of aromatic nitrogens is 2. The van der Waals surface area contributed by atoms with E-state index in [-0.39, 0.29) is 18.9 Å². The summed E-state index contributed by atoms with van der Waals surface area (Å²) in [6.07, 6.45) is 0.461. The van der Waals surface area contributed by atoms with Crippen LogP contribution in [0.3, 0.4) is 0 Å². The van der Waals surface area contributed by atoms with Gasteiger partial charge in [0, 0.05) is 24.2 Å². The van der Waals surface area contributed by atoms with Crippen molar-refractivity contribution in [2.75, 3.05) is 13.2 Å². The Bertz CT molecular complexity index is 1130. The average molecular weight is 464 g/mol. The molecule has 176 valence electrons. The first-order chi connectivity index (χ1) is 16.4. The summed E-state index contributed by atoms with van der Waals surface area (Å²) in [5.74, 6) is -2.26. The van der Waals surface area contributed by atoms with Gasteiger partial charge in [0.15, 0.2) is 6.10 Å². The van der Waals surface area contributed by atoms with Crippen molar-refractivity contribution in [3.8, 4) is 11.1 Å². The van der Waals surface area contributed by atoms with Crippen LogP contribution in [0.1, 0.15) is 22.7 Å². The molecule has 0 radical (unpaired) electrons. The van der Waals surface area contributed by atoms with Crippen molar-refractivity contribution in [1.82, 2.24) is 20.6 Å². The molecule has 2 amide bonds. The average Bonchev–Trinajstić information content (AvgIpc) is 3.46. The smallest absolute Gasteiger partial charge is 0.407 e. The molecule has 10 nitrogen and oxygen atoms in total. The van der Waals surface area contributed by atoms with E-state index in [9.17, 15) is 19.5 Å². The van der Waals surface area contributed by atoms with Crippen LogP contribution in [-0.2, 0) is 20.7 Å². The molecule has 2 atom stereocenters. The first-order valence-corrected chi connectivity index (χ1v) is 10.7. The summed E-state index contributed by atoms with van der Waals surface area (Å²) in [6.45, 7) is -0.421. The van der Waals surface area contributed by atoms with Crippen LogP contribution in [0.4, 0.5) is 4.79 Å². The van der Waals surface area contributed by atoms with Gasteiger partial charge in [-0.3, -0.25) is 4.79 Å². The third kappa shape index (κ3) is 5.07. The number of aliphatic carboxylic acids is 1. The second-order valence-corrected chi connectivity index (χ2v) is 7.90. The zero-order chi connectivity index (χ0) is 24.1. The number of alkyl carbamates (subject to hydrolysis) is 1. The van der Waals surface area contributed by atoms with Crippen LogP contribution < -0.4 is 10.6 Å². The zero-order valence-electron chi connectivity index (χ0n) is 18.1. The fraction of sp³-hybridized carbons (Fsp3) is 0.250. The number of hydrogen-bond acceptors (Lipinski definition) is 6. The Kier molecular flexibility index (Phi) is 6.88. The Morgan fingerprint density at radius 2 is 1.71 bits per heavy atom. The van der Waals surface area contributed by atoms with Crippen LogP contribution in [0, 0.1) is 0 Å². The van der Waals surface area contributed by atoms with Gasteiger partial charge in [-0.2, -0.15) is 0 Å². The number of carboxylic acids is 1. The number of nitrogens with zero attached hydrogens (tertiary/aromatic N) is 1. The van der Waals surface area contributed by atoms with E-state index < -0.39 is 36.7 Å². The van der Waals surface area contributed by atoms with Crippen molar-refractivity contribution in [3.05, 3.63) is 77.9 Å². The van der Waals surface area contributed by atoms with Crippen LogP contribution in [-0.4, -0.2) is 63.4 Å². The van der Waals surface area contributed by atoms with Crippen molar-refractivity contribution in [2.45, 2.75) is 24.5 Å². The number of H-pyrrole nitrogens is 1. The van der Waals surface area contributed by atoms with E-state index >= 15 is 0 Å². The van der Waals surface area contributed by atoms with Crippen molar-refractivity contribution < 1.29 is 29.3 Å². The molecule has 1 aliphatic carbocycles. The van der Waals surface area contributed by atoms with Crippen LogP contribution in [0.2, 0.25) is 0 Å². The number of carboxylic acid groups (broad SMARTS) is 1. The normalized spacial score (nSPS) is 13.9. The number of rotatable bonds is 9. The summed E-state index contributed by atoms with van der Waals surface area (Å²) in [7, 11) is 0. The van der Waals surface area contributed by atoms with E-state index in [1.54, 1.807) is 0 Å². The maximum absolute atomic E-state index is 12.6. The van der Waals surface area contributed by atoms with Gasteiger partial charge in [0.1, 0.15) is 12.6 Å². The monoisotopic (exact) mass is 464 g/mol. The van der Waals surface area contributed by atoms with Gasteiger partial charge in [0.2, 0.25) is 5.91 Å². The number of aliphatic hydroxyl groups excluding tert-OH is 1. The fourth-order valence-electron chi connectivity index (χ4n) is 4.02. The molecule has 3 aromatic rings. The van der Waals surface area contributed by atoms with Gasteiger partial charge in [-0.15, -0.1) is 0 Å². The highest BCUT2D eigenvalue weighted by Crippen LogP contribution is 2.44. The second kappa shape index (κ2) is 10.2. The minimum absolute atomic E-state index is 0.0686. The number of carbonyl (C=O) groups excluding carboxylic acids is 2. The van der Waals surface area contributed by atoms with E-state index in [0.29, 0.717) is 5.69 Å². The molecule has 2 aromatic carbocycles. The molecule has 0 saturated carbocycles. The fourth-order valence-corrected chi connectivity index (χ4v) is 4.02. The van der Waals surface area contributed by atoms with Crippen LogP contribution in [0.15, 0.2) is 61.1 Å². The van der Waals surface area contributed by atoms with Crippen molar-refractivity contribution in [3.63, 3.8) is 0 Å². The summed E-state index contributed by atoms with van der Waals surface area (Å²) >= 11 is 0. The van der Waals surface area contributed by atoms with E-state index in [1.165, 1.54) is 12.5 Å². The minimum atomic E-state index is -1.76. The number of fused-ring (bicyclic) bond motifs is 3. The van der Waals surface area contributed by atoms with Crippen molar-refractivity contribution >= 4 is 18.0 Å². The summed E-state index contributed by atoms with van der Waals surface area (Å²) in [6, 6.07) is 14.8. The molecule has 34 heavy (non-hydrogen) atoms. The standard InChI is InChI=1S/C24H24N4O6/c29-21(23(31)32)11-26-22(30)20(9-14-10-25-13-27-14)28-24(33)34-12-19-17-7-3-1-5-15(17)16-6-2-4-8-18(16)19/h1-8,10,13,19-21,29H,9,11-12H2,(H,25,27)(H,26,30)(H,28,33)(H,31,32)/t20-,21+/m1/s1. The Hall–Kier alpha value is -4.18. The van der Waals surface area contributed by atoms with Gasteiger partial charge in [-0.05, 0) is 22.3 Å². The Morgan fingerprint density at radius 1 is 1.06 bits per heavy atom. The van der Waals surface area contributed by atoms with E-state index in [4.69, 9.17) is 9.84 Å². The van der Waals surface area contributed by atoms with E-state index in [0.717, 1.165) is 22.3 Å². The molecule has 0 fully saturated rings. The molecule has 4 rings (SSSR count). The van der Waals surface area contributed by atoms with E-state index in [2.05, 4.69) is 20.6 Å². The zero-order valence-corrected chi connectivity index (χ0v) is 18.1. The van der Waals surface area contributed by atoms with Gasteiger partial charge in [0.05, 0.1) is 12.9 Å². The summed E-state index contributed by atoms with van der Waals surface area (Å²) in [4.78, 5) is 42.8. The number of aromatic amines is 1. The number of nitrogens with one attached hydrogen (secondary N) is 3. The highest BCUT2D eigenvalue weighted by molar-refractivity contribution is 5.86. The lowest BCUT2D eigenvalue weighted by molar-refractivity contribution is -0.146. The van der Waals surface area contributed by atoms with Crippen LogP contribution >= 0.6 is 0 Å². The third-order valence-electron chi connectivity index (χ3n) is 5.69. The first-order valence-electron chi connectivity index (χ1n) is 10.7. The molecular formula is C24H24N4O6. The molecule has 10 heteroatoms. The second-order valence-electron chi connectivity index (χ2n) is 7.90. The Balaban J connectivity index is 1.42. The predicted octanol–water partition coefficient (Wildman–Crippen LogP) is 1.42. The number of hydrogen-bond donors (Lipinski definition) is 5. The largest absolute Gasteiger partial charge is 0.479 e. The molecule has 0 spiro atoms. The SMILES string of the molecule is O=C(N[C@H](Cc1cnc[nH]1)C(=O)NC[C@H](O)C(=O)O)OCC1c2ccccc2-c2ccccc21. The summed E-state index contributed by atoms with van der Waals surface area (Å²) in [5.41, 5.74) is 4.90. The number of benzene rings is 2. The van der Waals surface area contributed by atoms with Crippen LogP contribution in [0.25, 0.3) is 11.1 Å². The molecule has 0 aliphatic heterocycles. The van der Waals surface area contributed by atoms with Gasteiger partial charge in [-0.25, -0.2) is 14.6 Å². The van der Waals surface area contributed by atoms with Crippen LogP contribution in [0.5, 0.6) is 0 Å². The molecule has 0 unspecified atom stereocenters. The number of imidazole rings is 1. The highest BCUT2D eigenvalue weighted by Gasteiger charge is 2.30. The minimum Gasteiger partial charge on any atom is -0.479 e. The maximum atomic E-state index is 12.6. The van der Waals surface area contributed by atoms with Crippen molar-refractivity contribution in [2.24, 2.45) is 0 Å². The Morgan fingerprint density at radius 3 is 2.29 bits per heavy atom. The number of aliphatic hydroxyl groups is 1. The van der Waals surface area contributed by atoms with Crippen molar-refractivity contribution in [1.29, 1.82) is 0 Å². The topological polar surface area (TPSA) is 154 Å². The predicted molar refractivity (Wildman–Crippen MR) is 121 cm³/mol. The molecule has 0 saturated heterocycles. The molecule has 5 N–H and O–H groups in total. The lowest BCUT2D eigenvalue weighted by atomic mass is 9.98. The maximum Gasteiger partial charge on any atom is 0.407 e. The Labute approximate surface area is 195 Å². The molecular weight excluding hydrogens is 440 g/mol. The third-order valence-corrected chi connectivity index (χ3v) is 5.69. The summed E-state index contributed by atoms with van der Waals surface area (Å²) in [5, 5.41) is 23.1. The number of ether oxygens (including phenoxy) is 1. The van der Waals surface area contributed by atoms with Gasteiger partial charge in [-0.1, -0.05) is 48.5 Å². The van der Waals surface area contributed by atoms with E-state index in [1.807, 2.05) is 48.5 Å². The number of amides is 2. The van der Waals surface area contributed by atoms with Gasteiger partial charge < -0.3 is 30.6 Å². The first kappa shape index (κ1) is 23.0. The lowest BCUT2D eigenvalue weighted by Crippen LogP contribution is -2.50. The number of carbonyl (C=O) groups is 3. The lowest BCUT2D eigenvalue weighted by Gasteiger charge is -2.20. The highest BCUT2D eigenvalue weighted by atomic mass is 16.5. The molecule has 1 aliphatic rings. The summed E-state index contributed by atoms with van der Waals surface area (Å²) < 4.78 is 5.50. The molecule has 1 aromatic heterocycles. The quantitative estimate of drug-likeness (QED) is 0.321. The van der Waals surface area contributed by atoms with Gasteiger partial charge >= 0.3 is 12.1 Å². The molecule has 1 heterocycles.